The van der Waals surface area contributed by atoms with Crippen molar-refractivity contribution in [2.45, 2.75) is 49.9 Å². The maximum Gasteiger partial charge on any atom is 0.407 e. The van der Waals surface area contributed by atoms with E-state index in [9.17, 15) is 24.3 Å². The number of nitrogens with zero attached hydrogens (tertiary/aromatic N) is 5. The molecule has 0 spiro atoms. The second kappa shape index (κ2) is 17.8. The monoisotopic (exact) mass is 847 g/mol. The van der Waals surface area contributed by atoms with Crippen LogP contribution in [0.15, 0.2) is 120 Å². The van der Waals surface area contributed by atoms with E-state index in [1.807, 2.05) is 66.7 Å². The Morgan fingerprint density at radius 3 is 1.81 bits per heavy atom. The molecule has 2 saturated heterocycles. The Balaban J connectivity index is 0.884. The van der Waals surface area contributed by atoms with E-state index in [1.54, 1.807) is 58.6 Å². The molecule has 4 atom stereocenters. The molecular formula is C47H45N9O7. The van der Waals surface area contributed by atoms with Gasteiger partial charge < -0.3 is 44.7 Å². The molecule has 0 aliphatic carbocycles. The first kappa shape index (κ1) is 40.8. The van der Waals surface area contributed by atoms with Crippen molar-refractivity contribution >= 4 is 34.9 Å². The molecule has 16 heteroatoms. The van der Waals surface area contributed by atoms with Crippen LogP contribution in [0.3, 0.4) is 0 Å². The summed E-state index contributed by atoms with van der Waals surface area (Å²) in [5, 5.41) is 14.8. The maximum absolute atomic E-state index is 13.9. The summed E-state index contributed by atoms with van der Waals surface area (Å²) >= 11 is 0. The number of imidazole rings is 2. The summed E-state index contributed by atoms with van der Waals surface area (Å²) in [6, 6.07) is 29.2. The van der Waals surface area contributed by atoms with Crippen molar-refractivity contribution in [3.8, 4) is 34.0 Å². The van der Waals surface area contributed by atoms with Crippen LogP contribution in [-0.2, 0) is 19.1 Å². The van der Waals surface area contributed by atoms with Crippen molar-refractivity contribution in [2.75, 3.05) is 26.8 Å². The van der Waals surface area contributed by atoms with Crippen molar-refractivity contribution in [3.05, 3.63) is 138 Å². The molecule has 0 radical (unpaired) electrons. The largest absolute Gasteiger partial charge is 0.453 e. The van der Waals surface area contributed by atoms with E-state index >= 15 is 0 Å². The molecule has 3 aromatic heterocycles. The second-order valence-electron chi connectivity index (χ2n) is 15.6. The second-order valence-corrected chi connectivity index (χ2v) is 15.6. The van der Waals surface area contributed by atoms with Gasteiger partial charge in [-0.15, -0.1) is 0 Å². The number of hydrogen-bond acceptors (Lipinski definition) is 10. The van der Waals surface area contributed by atoms with E-state index in [-0.39, 0.29) is 23.9 Å². The van der Waals surface area contributed by atoms with E-state index in [1.165, 1.54) is 7.11 Å². The van der Waals surface area contributed by atoms with Crippen LogP contribution in [-0.4, -0.2) is 90.4 Å². The van der Waals surface area contributed by atoms with E-state index in [0.717, 1.165) is 47.3 Å². The predicted octanol–water partition coefficient (Wildman–Crippen LogP) is 6.55. The molecule has 0 saturated carbocycles. The third-order valence-electron chi connectivity index (χ3n) is 11.7. The number of aromatic nitrogens is 5. The number of aliphatic hydroxyl groups is 1. The van der Waals surface area contributed by atoms with E-state index in [2.05, 4.69) is 25.6 Å². The predicted molar refractivity (Wildman–Crippen MR) is 231 cm³/mol. The average molecular weight is 848 g/mol. The fourth-order valence-corrected chi connectivity index (χ4v) is 8.53. The molecule has 0 bridgehead atoms. The minimum absolute atomic E-state index is 0.239. The summed E-state index contributed by atoms with van der Waals surface area (Å²) in [6.07, 6.45) is 5.81. The van der Waals surface area contributed by atoms with Gasteiger partial charge in [-0.2, -0.15) is 0 Å². The Labute approximate surface area is 361 Å². The summed E-state index contributed by atoms with van der Waals surface area (Å²) < 4.78 is 11.0. The van der Waals surface area contributed by atoms with Gasteiger partial charge in [0.05, 0.1) is 43.0 Å². The molecule has 7 aromatic rings. The van der Waals surface area contributed by atoms with Gasteiger partial charge in [-0.1, -0.05) is 72.8 Å². The number of oxazole rings is 1. The van der Waals surface area contributed by atoms with Crippen LogP contribution in [0.25, 0.3) is 45.1 Å². The van der Waals surface area contributed by atoms with Crippen LogP contribution >= 0.6 is 0 Å². The number of alkyl carbamates (subject to hydrolysis) is 1. The number of aromatic amines is 2. The fourth-order valence-electron chi connectivity index (χ4n) is 8.53. The summed E-state index contributed by atoms with van der Waals surface area (Å²) in [5.41, 5.74) is 6.65. The Morgan fingerprint density at radius 2 is 1.25 bits per heavy atom. The molecule has 4 amide bonds. The standard InChI is InChI=1S/C47H45N9O7/c1-62-47(61)54-41(30-12-6-3-7-13-30)46(60)56-23-9-15-37(56)43-49-26-35(51-43)32-20-21-38-33(24-32)52-44(63-38)31-18-16-28(17-19-31)34-25-48-42(50-34)36-14-8-22-55(36)45(59)40(53-39(58)27-57)29-10-4-2-5-11-29/h2-7,10-13,16-21,24-26,36-37,40-41,57H,8-9,14-15,22-23,27H2,1H3,(H,48,50)(H,49,51)(H,53,58)(H,54,61)/t36?,37?,40-,41-/m1/s1. The molecule has 5 heterocycles. The smallest absolute Gasteiger partial charge is 0.407 e. The van der Waals surface area contributed by atoms with Gasteiger partial charge >= 0.3 is 6.09 Å². The molecule has 2 aliphatic heterocycles. The molecule has 2 aliphatic rings. The third-order valence-corrected chi connectivity index (χ3v) is 11.7. The number of aliphatic hydroxyl groups excluding tert-OH is 1. The highest BCUT2D eigenvalue weighted by atomic mass is 16.5. The highest BCUT2D eigenvalue weighted by molar-refractivity contribution is 5.90. The maximum atomic E-state index is 13.9. The molecular weight excluding hydrogens is 803 g/mol. The normalized spacial score (nSPS) is 17.1. The molecule has 2 unspecified atom stereocenters. The first-order chi connectivity index (χ1) is 30.8. The molecule has 16 nitrogen and oxygen atoms in total. The SMILES string of the molecule is COC(=O)N[C@@H](C(=O)N1CCCC1c1ncc(-c2ccc3oc(-c4ccc(-c5cnc(C6CCCN6C(=O)[C@H](NC(=O)CO)c6ccccc6)[nH]5)cc4)nc3c2)[nH]1)c1ccccc1. The minimum atomic E-state index is -0.934. The van der Waals surface area contributed by atoms with E-state index < -0.39 is 30.7 Å². The molecule has 5 N–H and O–H groups in total. The Kier molecular flexibility index (Phi) is 11.5. The fraction of sp³-hybridized carbons (Fsp3) is 0.255. The number of nitrogens with one attached hydrogen (secondary N) is 4. The lowest BCUT2D eigenvalue weighted by atomic mass is 10.0. The van der Waals surface area contributed by atoms with Gasteiger partial charge in [0.15, 0.2) is 5.58 Å². The van der Waals surface area contributed by atoms with Crippen LogP contribution in [0.2, 0.25) is 0 Å². The number of carbonyl (C=O) groups excluding carboxylic acids is 4. The number of H-pyrrole nitrogens is 2. The topological polar surface area (TPSA) is 212 Å². The molecule has 320 valence electrons. The first-order valence-electron chi connectivity index (χ1n) is 20.8. The number of methoxy groups -OCH3 is 1. The Morgan fingerprint density at radius 1 is 0.730 bits per heavy atom. The van der Waals surface area contributed by atoms with Crippen LogP contribution in [0.1, 0.15) is 72.6 Å². The van der Waals surface area contributed by atoms with Gasteiger partial charge in [0, 0.05) is 24.2 Å². The number of ether oxygens (including phenoxy) is 1. The van der Waals surface area contributed by atoms with Crippen LogP contribution < -0.4 is 10.6 Å². The van der Waals surface area contributed by atoms with Gasteiger partial charge in [0.2, 0.25) is 17.7 Å². The number of benzene rings is 4. The van der Waals surface area contributed by atoms with Crippen LogP contribution in [0, 0.1) is 0 Å². The summed E-state index contributed by atoms with van der Waals surface area (Å²) in [4.78, 5) is 76.8. The van der Waals surface area contributed by atoms with Crippen molar-refractivity contribution in [3.63, 3.8) is 0 Å². The first-order valence-corrected chi connectivity index (χ1v) is 20.8. The van der Waals surface area contributed by atoms with Gasteiger partial charge in [-0.05, 0) is 72.7 Å². The quantitative estimate of drug-likeness (QED) is 0.0895. The Bertz CT molecular complexity index is 2750. The van der Waals surface area contributed by atoms with Gasteiger partial charge in [0.1, 0.15) is 35.9 Å². The number of carbonyl (C=O) groups is 4. The summed E-state index contributed by atoms with van der Waals surface area (Å²) in [5.74, 6) is 0.634. The molecule has 2 fully saturated rings. The van der Waals surface area contributed by atoms with Crippen LogP contribution in [0.5, 0.6) is 0 Å². The zero-order valence-electron chi connectivity index (χ0n) is 34.4. The van der Waals surface area contributed by atoms with Crippen molar-refractivity contribution in [2.24, 2.45) is 0 Å². The molecule has 63 heavy (non-hydrogen) atoms. The lowest BCUT2D eigenvalue weighted by Crippen LogP contribution is -2.43. The number of fused-ring (bicyclic) bond motifs is 1. The average Bonchev–Trinajstić information content (AvgIpc) is 4.19. The van der Waals surface area contributed by atoms with Gasteiger partial charge in [-0.25, -0.2) is 19.7 Å². The van der Waals surface area contributed by atoms with Crippen molar-refractivity contribution < 1.29 is 33.4 Å². The lowest BCUT2D eigenvalue weighted by Gasteiger charge is -2.28. The summed E-state index contributed by atoms with van der Waals surface area (Å²) in [6.45, 7) is 0.319. The zero-order valence-corrected chi connectivity index (χ0v) is 34.4. The minimum Gasteiger partial charge on any atom is -0.453 e. The van der Waals surface area contributed by atoms with Gasteiger partial charge in [0.25, 0.3) is 5.91 Å². The molecule has 9 rings (SSSR count). The lowest BCUT2D eigenvalue weighted by molar-refractivity contribution is -0.138. The van der Waals surface area contributed by atoms with Crippen molar-refractivity contribution in [1.29, 1.82) is 0 Å². The number of likely N-dealkylation sites (tertiary alicyclic amines) is 2. The molecule has 4 aromatic carbocycles. The summed E-state index contributed by atoms with van der Waals surface area (Å²) in [7, 11) is 1.27. The number of hydrogen-bond donors (Lipinski definition) is 5. The van der Waals surface area contributed by atoms with Crippen molar-refractivity contribution in [1.82, 2.24) is 45.4 Å². The highest BCUT2D eigenvalue weighted by Gasteiger charge is 2.38. The Hall–Kier alpha value is -7.59. The highest BCUT2D eigenvalue weighted by Crippen LogP contribution is 2.37. The number of amides is 4. The van der Waals surface area contributed by atoms with Gasteiger partial charge in [-0.3, -0.25) is 14.4 Å². The van der Waals surface area contributed by atoms with E-state index in [0.29, 0.717) is 59.3 Å². The zero-order chi connectivity index (χ0) is 43.5. The van der Waals surface area contributed by atoms with E-state index in [4.69, 9.17) is 19.1 Å². The van der Waals surface area contributed by atoms with Crippen LogP contribution in [0.4, 0.5) is 4.79 Å². The number of rotatable bonds is 12. The third kappa shape index (κ3) is 8.40.